The summed E-state index contributed by atoms with van der Waals surface area (Å²) in [5, 5.41) is 4.36. The minimum absolute atomic E-state index is 0.137. The van der Waals surface area contributed by atoms with E-state index in [2.05, 4.69) is 12.0 Å². The van der Waals surface area contributed by atoms with Gasteiger partial charge in [0.2, 0.25) is 0 Å². The number of nitrogens with zero attached hydrogens (tertiary/aromatic N) is 3. The second-order valence-electron chi connectivity index (χ2n) is 5.32. The molecule has 19 heavy (non-hydrogen) atoms. The van der Waals surface area contributed by atoms with Crippen molar-refractivity contribution in [3.8, 4) is 0 Å². The second kappa shape index (κ2) is 5.33. The molecule has 0 spiro atoms. The summed E-state index contributed by atoms with van der Waals surface area (Å²) in [6, 6.07) is 0.209. The number of rotatable bonds is 2. The van der Waals surface area contributed by atoms with Crippen molar-refractivity contribution in [1.29, 1.82) is 0 Å². The maximum absolute atomic E-state index is 12.7. The lowest BCUT2D eigenvalue weighted by molar-refractivity contribution is -0.00287. The summed E-state index contributed by atoms with van der Waals surface area (Å²) in [6.45, 7) is 5.05. The normalized spacial score (nSPS) is 23.2. The van der Waals surface area contributed by atoms with Crippen LogP contribution in [0.5, 0.6) is 0 Å². The highest BCUT2D eigenvalue weighted by Gasteiger charge is 2.30. The van der Waals surface area contributed by atoms with Crippen LogP contribution in [0.1, 0.15) is 42.2 Å². The predicted molar refractivity (Wildman–Crippen MR) is 71.1 cm³/mol. The Balaban J connectivity index is 1.84. The molecule has 0 aliphatic carbocycles. The van der Waals surface area contributed by atoms with Crippen molar-refractivity contribution in [3.05, 3.63) is 17.5 Å². The van der Waals surface area contributed by atoms with Gasteiger partial charge in [-0.2, -0.15) is 5.10 Å². The van der Waals surface area contributed by atoms with Gasteiger partial charge >= 0.3 is 0 Å². The van der Waals surface area contributed by atoms with E-state index < -0.39 is 0 Å². The third-order valence-electron chi connectivity index (χ3n) is 4.17. The summed E-state index contributed by atoms with van der Waals surface area (Å²) < 4.78 is 7.47. The molecule has 3 heterocycles. The Morgan fingerprint density at radius 2 is 2.37 bits per heavy atom. The Labute approximate surface area is 113 Å². The molecule has 1 atom stereocenters. The van der Waals surface area contributed by atoms with Crippen LogP contribution in [-0.2, 0) is 17.7 Å². The first kappa shape index (κ1) is 12.7. The zero-order valence-corrected chi connectivity index (χ0v) is 11.5. The molecule has 1 fully saturated rings. The standard InChI is InChI=1S/C14H21N3O2/c1-2-11-10-19-8-7-16(11)14(18)12-9-15-17-6-4-3-5-13(12)17/h9,11H,2-8,10H2,1H3/t11-/m0/s1. The molecule has 2 aliphatic rings. The molecule has 5 nitrogen and oxygen atoms in total. The van der Waals surface area contributed by atoms with E-state index in [9.17, 15) is 4.79 Å². The average Bonchev–Trinajstić information content (AvgIpc) is 2.90. The van der Waals surface area contributed by atoms with Gasteiger partial charge < -0.3 is 9.64 Å². The minimum Gasteiger partial charge on any atom is -0.377 e. The fraction of sp³-hybridized carbons (Fsp3) is 0.714. The molecule has 0 aromatic carbocycles. The van der Waals surface area contributed by atoms with Crippen LogP contribution in [0.25, 0.3) is 0 Å². The highest BCUT2D eigenvalue weighted by Crippen LogP contribution is 2.21. The van der Waals surface area contributed by atoms with Gasteiger partial charge in [-0.05, 0) is 25.7 Å². The molecule has 2 aliphatic heterocycles. The molecule has 1 saturated heterocycles. The van der Waals surface area contributed by atoms with Crippen molar-refractivity contribution in [2.24, 2.45) is 0 Å². The molecule has 1 amide bonds. The number of fused-ring (bicyclic) bond motifs is 1. The molecule has 0 radical (unpaired) electrons. The maximum atomic E-state index is 12.7. The number of ether oxygens (including phenoxy) is 1. The third kappa shape index (κ3) is 2.27. The van der Waals surface area contributed by atoms with E-state index in [0.717, 1.165) is 43.5 Å². The summed E-state index contributed by atoms with van der Waals surface area (Å²) in [5.74, 6) is 0.137. The molecule has 0 bridgehead atoms. The fourth-order valence-electron chi connectivity index (χ4n) is 3.01. The highest BCUT2D eigenvalue weighted by atomic mass is 16.5. The molecule has 104 valence electrons. The van der Waals surface area contributed by atoms with Gasteiger partial charge in [-0.1, -0.05) is 6.92 Å². The van der Waals surface area contributed by atoms with Crippen LogP contribution in [0.15, 0.2) is 6.20 Å². The van der Waals surface area contributed by atoms with Gasteiger partial charge in [-0.25, -0.2) is 0 Å². The van der Waals surface area contributed by atoms with E-state index in [4.69, 9.17) is 4.74 Å². The Hall–Kier alpha value is -1.36. The summed E-state index contributed by atoms with van der Waals surface area (Å²) in [5.41, 5.74) is 1.93. The van der Waals surface area contributed by atoms with Gasteiger partial charge in [0, 0.05) is 13.1 Å². The van der Waals surface area contributed by atoms with Crippen molar-refractivity contribution in [3.63, 3.8) is 0 Å². The number of morpholine rings is 1. The highest BCUT2D eigenvalue weighted by molar-refractivity contribution is 5.95. The molecule has 0 unspecified atom stereocenters. The first-order valence-electron chi connectivity index (χ1n) is 7.24. The van der Waals surface area contributed by atoms with E-state index in [1.165, 1.54) is 0 Å². The Kier molecular flexibility index (Phi) is 3.55. The van der Waals surface area contributed by atoms with Crippen LogP contribution in [0, 0.1) is 0 Å². The SMILES string of the molecule is CC[C@H]1COCCN1C(=O)c1cnn2c1CCCC2. The summed E-state index contributed by atoms with van der Waals surface area (Å²) >= 11 is 0. The zero-order chi connectivity index (χ0) is 13.2. The van der Waals surface area contributed by atoms with Crippen LogP contribution in [-0.4, -0.2) is 46.4 Å². The maximum Gasteiger partial charge on any atom is 0.257 e. The molecular formula is C14H21N3O2. The van der Waals surface area contributed by atoms with Crippen molar-refractivity contribution in [2.45, 2.75) is 45.2 Å². The molecule has 0 N–H and O–H groups in total. The Morgan fingerprint density at radius 1 is 1.47 bits per heavy atom. The van der Waals surface area contributed by atoms with Gasteiger partial charge in [0.25, 0.3) is 5.91 Å². The number of amides is 1. The molecule has 3 rings (SSSR count). The van der Waals surface area contributed by atoms with Crippen molar-refractivity contribution in [1.82, 2.24) is 14.7 Å². The van der Waals surface area contributed by atoms with Crippen LogP contribution in [0.4, 0.5) is 0 Å². The minimum atomic E-state index is 0.137. The van der Waals surface area contributed by atoms with Crippen molar-refractivity contribution >= 4 is 5.91 Å². The molecule has 1 aromatic rings. The number of aromatic nitrogens is 2. The van der Waals surface area contributed by atoms with Crippen LogP contribution < -0.4 is 0 Å². The van der Waals surface area contributed by atoms with Crippen LogP contribution in [0.3, 0.4) is 0 Å². The number of hydrogen-bond acceptors (Lipinski definition) is 3. The lowest BCUT2D eigenvalue weighted by Gasteiger charge is -2.35. The largest absolute Gasteiger partial charge is 0.377 e. The fourth-order valence-corrected chi connectivity index (χ4v) is 3.01. The molecule has 1 aromatic heterocycles. The number of carbonyl (C=O) groups is 1. The van der Waals surface area contributed by atoms with Crippen molar-refractivity contribution < 1.29 is 9.53 Å². The van der Waals surface area contributed by atoms with E-state index in [1.807, 2.05) is 9.58 Å². The first-order valence-corrected chi connectivity index (χ1v) is 7.24. The lowest BCUT2D eigenvalue weighted by atomic mass is 10.0. The van der Waals surface area contributed by atoms with E-state index in [-0.39, 0.29) is 11.9 Å². The molecule has 0 saturated carbocycles. The molecular weight excluding hydrogens is 242 g/mol. The first-order chi connectivity index (χ1) is 9.31. The summed E-state index contributed by atoms with van der Waals surface area (Å²) in [7, 11) is 0. The van der Waals surface area contributed by atoms with Gasteiger partial charge in [-0.15, -0.1) is 0 Å². The smallest absolute Gasteiger partial charge is 0.257 e. The molecule has 5 heteroatoms. The predicted octanol–water partition coefficient (Wildman–Crippen LogP) is 1.47. The topological polar surface area (TPSA) is 47.4 Å². The van der Waals surface area contributed by atoms with Crippen LogP contribution in [0.2, 0.25) is 0 Å². The van der Waals surface area contributed by atoms with Gasteiger partial charge in [0.05, 0.1) is 36.7 Å². The van der Waals surface area contributed by atoms with E-state index >= 15 is 0 Å². The van der Waals surface area contributed by atoms with Gasteiger partial charge in [0.1, 0.15) is 0 Å². The summed E-state index contributed by atoms with van der Waals surface area (Å²) in [4.78, 5) is 14.7. The average molecular weight is 263 g/mol. The van der Waals surface area contributed by atoms with E-state index in [1.54, 1.807) is 6.20 Å². The van der Waals surface area contributed by atoms with Crippen LogP contribution >= 0.6 is 0 Å². The quantitative estimate of drug-likeness (QED) is 0.812. The second-order valence-corrected chi connectivity index (χ2v) is 5.32. The number of hydrogen-bond donors (Lipinski definition) is 0. The lowest BCUT2D eigenvalue weighted by Crippen LogP contribution is -2.48. The third-order valence-corrected chi connectivity index (χ3v) is 4.17. The number of aryl methyl sites for hydroxylation is 1. The zero-order valence-electron chi connectivity index (χ0n) is 11.5. The van der Waals surface area contributed by atoms with Gasteiger partial charge in [-0.3, -0.25) is 9.48 Å². The van der Waals surface area contributed by atoms with Gasteiger partial charge in [0.15, 0.2) is 0 Å². The monoisotopic (exact) mass is 263 g/mol. The number of carbonyl (C=O) groups excluding carboxylic acids is 1. The van der Waals surface area contributed by atoms with Crippen molar-refractivity contribution in [2.75, 3.05) is 19.8 Å². The van der Waals surface area contributed by atoms with E-state index in [0.29, 0.717) is 19.8 Å². The summed E-state index contributed by atoms with van der Waals surface area (Å²) in [6.07, 6.45) is 5.99. The Bertz CT molecular complexity index is 469. The Morgan fingerprint density at radius 3 is 3.21 bits per heavy atom.